The zero-order valence-corrected chi connectivity index (χ0v) is 7.16. The van der Waals surface area contributed by atoms with E-state index in [1.54, 1.807) is 0 Å². The largest absolute Gasteiger partial charge is 0.347 e. The van der Waals surface area contributed by atoms with Gasteiger partial charge >= 0.3 is 0 Å². The summed E-state index contributed by atoms with van der Waals surface area (Å²) in [5.41, 5.74) is 4.15. The summed E-state index contributed by atoms with van der Waals surface area (Å²) in [4.78, 5) is 31.5. The molecule has 72 valence electrons. The number of carbonyl (C=O) groups excluding carboxylic acids is 3. The Morgan fingerprint density at radius 3 is 2.46 bits per heavy atom. The van der Waals surface area contributed by atoms with Gasteiger partial charge in [-0.05, 0) is 13.0 Å². The van der Waals surface area contributed by atoms with Gasteiger partial charge in [0.05, 0.1) is 0 Å². The molecule has 0 saturated carbocycles. The number of hydrogen-bond acceptors (Lipinski definition) is 3. The van der Waals surface area contributed by atoms with Crippen LogP contribution in [0.1, 0.15) is 6.92 Å². The number of hydrogen-bond donors (Lipinski definition) is 3. The molecule has 6 heteroatoms. The molecule has 0 heterocycles. The number of carbonyl (C=O) groups is 3. The van der Waals surface area contributed by atoms with Crippen molar-refractivity contribution in [3.63, 3.8) is 0 Å². The highest BCUT2D eigenvalue weighted by Gasteiger charge is 2.10. The van der Waals surface area contributed by atoms with Crippen molar-refractivity contribution in [1.82, 2.24) is 16.2 Å². The minimum absolute atomic E-state index is 0.402. The molecular weight excluding hydrogens is 174 g/mol. The van der Waals surface area contributed by atoms with Crippen molar-refractivity contribution in [2.45, 2.75) is 13.0 Å². The highest BCUT2D eigenvalue weighted by Crippen LogP contribution is 1.77. The molecule has 0 radical (unpaired) electrons. The molecule has 3 amide bonds. The monoisotopic (exact) mass is 185 g/mol. The first-order valence-corrected chi connectivity index (χ1v) is 3.53. The Hall–Kier alpha value is -1.85. The van der Waals surface area contributed by atoms with E-state index in [0.717, 1.165) is 6.08 Å². The molecule has 1 atom stereocenters. The minimum atomic E-state index is -0.692. The van der Waals surface area contributed by atoms with E-state index >= 15 is 0 Å². The summed E-state index contributed by atoms with van der Waals surface area (Å²) in [5, 5.41) is 2.22. The van der Waals surface area contributed by atoms with Gasteiger partial charge in [0, 0.05) is 0 Å². The van der Waals surface area contributed by atoms with Crippen LogP contribution in [-0.4, -0.2) is 24.3 Å². The minimum Gasteiger partial charge on any atom is -0.347 e. The summed E-state index contributed by atoms with van der Waals surface area (Å²) in [6.45, 7) is 4.66. The third-order valence-electron chi connectivity index (χ3n) is 1.21. The Kier molecular flexibility index (Phi) is 4.94. The van der Waals surface area contributed by atoms with Crippen LogP contribution >= 0.6 is 0 Å². The lowest BCUT2D eigenvalue weighted by molar-refractivity contribution is -0.128. The van der Waals surface area contributed by atoms with E-state index in [9.17, 15) is 14.4 Å². The van der Waals surface area contributed by atoms with Crippen LogP contribution in [0.15, 0.2) is 12.7 Å². The Morgan fingerprint density at radius 2 is 2.00 bits per heavy atom. The zero-order chi connectivity index (χ0) is 10.3. The molecule has 3 N–H and O–H groups in total. The number of hydrazine groups is 1. The zero-order valence-electron chi connectivity index (χ0n) is 7.16. The predicted octanol–water partition coefficient (Wildman–Crippen LogP) is -1.55. The van der Waals surface area contributed by atoms with Gasteiger partial charge < -0.3 is 5.32 Å². The van der Waals surface area contributed by atoms with E-state index in [2.05, 4.69) is 22.7 Å². The second-order valence-corrected chi connectivity index (χ2v) is 2.19. The first-order valence-electron chi connectivity index (χ1n) is 3.53. The normalized spacial score (nSPS) is 10.8. The van der Waals surface area contributed by atoms with E-state index in [1.807, 2.05) is 0 Å². The Balaban J connectivity index is 3.79. The van der Waals surface area contributed by atoms with Gasteiger partial charge in [-0.1, -0.05) is 6.58 Å². The van der Waals surface area contributed by atoms with Crippen LogP contribution < -0.4 is 16.2 Å². The average Bonchev–Trinajstić information content (AvgIpc) is 2.13. The van der Waals surface area contributed by atoms with Gasteiger partial charge in [-0.15, -0.1) is 0 Å². The van der Waals surface area contributed by atoms with E-state index in [4.69, 9.17) is 0 Å². The molecule has 6 nitrogen and oxygen atoms in total. The highest BCUT2D eigenvalue weighted by molar-refractivity contribution is 5.90. The smallest absolute Gasteiger partial charge is 0.261 e. The molecule has 0 unspecified atom stereocenters. The summed E-state index contributed by atoms with van der Waals surface area (Å²) < 4.78 is 0. The summed E-state index contributed by atoms with van der Waals surface area (Å²) in [6, 6.07) is -0.692. The van der Waals surface area contributed by atoms with Gasteiger partial charge in [0.25, 0.3) is 11.8 Å². The van der Waals surface area contributed by atoms with Crippen molar-refractivity contribution >= 4 is 18.2 Å². The summed E-state index contributed by atoms with van der Waals surface area (Å²) in [5.74, 6) is -1.03. The lowest BCUT2D eigenvalue weighted by Gasteiger charge is -2.10. The van der Waals surface area contributed by atoms with Gasteiger partial charge in [0.15, 0.2) is 0 Å². The molecule has 0 aliphatic heterocycles. The molecule has 0 aliphatic rings. The van der Waals surface area contributed by atoms with Gasteiger partial charge in [-0.3, -0.25) is 25.2 Å². The second kappa shape index (κ2) is 5.76. The fourth-order valence-corrected chi connectivity index (χ4v) is 0.460. The number of rotatable bonds is 4. The van der Waals surface area contributed by atoms with E-state index in [1.165, 1.54) is 6.92 Å². The molecule has 0 bridgehead atoms. The maximum Gasteiger partial charge on any atom is 0.261 e. The maximum absolute atomic E-state index is 11.0. The van der Waals surface area contributed by atoms with E-state index in [-0.39, 0.29) is 0 Å². The van der Waals surface area contributed by atoms with Crippen LogP contribution in [0.4, 0.5) is 0 Å². The van der Waals surface area contributed by atoms with Crippen LogP contribution in [0, 0.1) is 0 Å². The lowest BCUT2D eigenvalue weighted by atomic mass is 10.3. The van der Waals surface area contributed by atoms with Crippen molar-refractivity contribution in [3.8, 4) is 0 Å². The van der Waals surface area contributed by atoms with Gasteiger partial charge in [-0.25, -0.2) is 0 Å². The van der Waals surface area contributed by atoms with Crippen LogP contribution in [-0.2, 0) is 14.4 Å². The summed E-state index contributed by atoms with van der Waals surface area (Å²) in [6.07, 6.45) is 1.41. The van der Waals surface area contributed by atoms with Crippen LogP contribution in [0.2, 0.25) is 0 Å². The fraction of sp³-hybridized carbons (Fsp3) is 0.286. The molecule has 0 spiro atoms. The van der Waals surface area contributed by atoms with Crippen molar-refractivity contribution in [2.24, 2.45) is 0 Å². The maximum atomic E-state index is 11.0. The van der Waals surface area contributed by atoms with Gasteiger partial charge in [-0.2, -0.15) is 0 Å². The standard InChI is InChI=1S/C7H11N3O3/c1-3-6(12)9-10-7(13)5(2)8-4-11/h3-5H,1H2,2H3,(H,8,11)(H,9,12)(H,10,13)/t5-/m0/s1. The Labute approximate surface area is 75.3 Å². The third kappa shape index (κ3) is 4.57. The van der Waals surface area contributed by atoms with Crippen LogP contribution in [0.3, 0.4) is 0 Å². The molecule has 0 fully saturated rings. The summed E-state index contributed by atoms with van der Waals surface area (Å²) in [7, 11) is 0. The molecule has 0 aromatic rings. The first-order chi connectivity index (χ1) is 6.11. The molecule has 13 heavy (non-hydrogen) atoms. The topological polar surface area (TPSA) is 87.3 Å². The fourth-order valence-electron chi connectivity index (χ4n) is 0.460. The number of nitrogens with one attached hydrogen (secondary N) is 3. The quantitative estimate of drug-likeness (QED) is 0.281. The Bertz CT molecular complexity index is 227. The third-order valence-corrected chi connectivity index (χ3v) is 1.21. The van der Waals surface area contributed by atoms with Crippen LogP contribution in [0.5, 0.6) is 0 Å². The number of amides is 3. The predicted molar refractivity (Wildman–Crippen MR) is 45.1 cm³/mol. The lowest BCUT2D eigenvalue weighted by Crippen LogP contribution is -2.49. The first kappa shape index (κ1) is 11.2. The van der Waals surface area contributed by atoms with Gasteiger partial charge in [0.1, 0.15) is 6.04 Å². The molecule has 0 aliphatic carbocycles. The Morgan fingerprint density at radius 1 is 1.38 bits per heavy atom. The molecular formula is C7H11N3O3. The van der Waals surface area contributed by atoms with Crippen molar-refractivity contribution in [1.29, 1.82) is 0 Å². The SMILES string of the molecule is C=CC(=O)NNC(=O)[C@H](C)NC=O. The van der Waals surface area contributed by atoms with Crippen molar-refractivity contribution in [2.75, 3.05) is 0 Å². The summed E-state index contributed by atoms with van der Waals surface area (Å²) >= 11 is 0. The van der Waals surface area contributed by atoms with Crippen molar-refractivity contribution in [3.05, 3.63) is 12.7 Å². The average molecular weight is 185 g/mol. The molecule has 0 aromatic carbocycles. The van der Waals surface area contributed by atoms with Crippen LogP contribution in [0.25, 0.3) is 0 Å². The molecule has 0 rings (SSSR count). The molecule has 0 aromatic heterocycles. The van der Waals surface area contributed by atoms with E-state index in [0.29, 0.717) is 6.41 Å². The highest BCUT2D eigenvalue weighted by atomic mass is 16.2. The molecule has 0 saturated heterocycles. The van der Waals surface area contributed by atoms with E-state index < -0.39 is 17.9 Å². The van der Waals surface area contributed by atoms with Gasteiger partial charge in [0.2, 0.25) is 6.41 Å². The second-order valence-electron chi connectivity index (χ2n) is 2.19. The van der Waals surface area contributed by atoms with Crippen molar-refractivity contribution < 1.29 is 14.4 Å².